The molecule has 76 valence electrons. The van der Waals surface area contributed by atoms with E-state index in [1.807, 2.05) is 18.2 Å². The van der Waals surface area contributed by atoms with Crippen molar-refractivity contribution < 1.29 is 4.74 Å². The lowest BCUT2D eigenvalue weighted by Gasteiger charge is -2.08. The summed E-state index contributed by atoms with van der Waals surface area (Å²) in [5.74, 6) is 0.920. The minimum Gasteiger partial charge on any atom is -0.496 e. The van der Waals surface area contributed by atoms with Crippen LogP contribution in [0.1, 0.15) is 5.56 Å². The van der Waals surface area contributed by atoms with Gasteiger partial charge >= 0.3 is 0 Å². The number of benzene rings is 2. The van der Waals surface area contributed by atoms with E-state index in [9.17, 15) is 0 Å². The van der Waals surface area contributed by atoms with E-state index in [2.05, 4.69) is 37.3 Å². The van der Waals surface area contributed by atoms with E-state index in [1.165, 1.54) is 11.1 Å². The van der Waals surface area contributed by atoms with Crippen LogP contribution in [0, 0.1) is 6.92 Å². The van der Waals surface area contributed by atoms with E-state index in [0.717, 1.165) is 11.3 Å². The van der Waals surface area contributed by atoms with Crippen LogP contribution in [0.4, 0.5) is 0 Å². The van der Waals surface area contributed by atoms with E-state index >= 15 is 0 Å². The second kappa shape index (κ2) is 4.18. The molecule has 0 aliphatic heterocycles. The molecule has 0 spiro atoms. The number of rotatable bonds is 2. The molecule has 0 N–H and O–H groups in total. The molecule has 0 radical (unpaired) electrons. The van der Waals surface area contributed by atoms with Gasteiger partial charge in [-0.15, -0.1) is 0 Å². The first kappa shape index (κ1) is 9.78. The van der Waals surface area contributed by atoms with Gasteiger partial charge in [-0.2, -0.15) is 0 Å². The van der Waals surface area contributed by atoms with Gasteiger partial charge in [0.25, 0.3) is 0 Å². The summed E-state index contributed by atoms with van der Waals surface area (Å²) in [7, 11) is 1.70. The zero-order valence-electron chi connectivity index (χ0n) is 9.03. The van der Waals surface area contributed by atoms with Crippen molar-refractivity contribution in [1.82, 2.24) is 0 Å². The Labute approximate surface area is 90.3 Å². The maximum absolute atomic E-state index is 5.34. The van der Waals surface area contributed by atoms with Crippen molar-refractivity contribution in [2.45, 2.75) is 6.92 Å². The molecule has 0 aliphatic carbocycles. The normalized spacial score (nSPS) is 10.0. The molecule has 0 aliphatic rings. The fraction of sp³-hybridized carbons (Fsp3) is 0.143. The molecule has 1 nitrogen and oxygen atoms in total. The van der Waals surface area contributed by atoms with Crippen molar-refractivity contribution >= 4 is 0 Å². The predicted molar refractivity (Wildman–Crippen MR) is 63.2 cm³/mol. The molecule has 0 bridgehead atoms. The van der Waals surface area contributed by atoms with Gasteiger partial charge in [-0.3, -0.25) is 0 Å². The van der Waals surface area contributed by atoms with Gasteiger partial charge < -0.3 is 4.74 Å². The quantitative estimate of drug-likeness (QED) is 0.715. The third-order valence-corrected chi connectivity index (χ3v) is 2.44. The maximum atomic E-state index is 5.34. The van der Waals surface area contributed by atoms with Gasteiger partial charge in [0.1, 0.15) is 5.75 Å². The zero-order valence-corrected chi connectivity index (χ0v) is 9.03. The summed E-state index contributed by atoms with van der Waals surface area (Å²) in [5.41, 5.74) is 3.61. The lowest BCUT2D eigenvalue weighted by Crippen LogP contribution is -1.87. The van der Waals surface area contributed by atoms with Gasteiger partial charge in [0.15, 0.2) is 0 Å². The molecule has 0 atom stereocenters. The fourth-order valence-electron chi connectivity index (χ4n) is 1.70. The van der Waals surface area contributed by atoms with Gasteiger partial charge in [0.2, 0.25) is 0 Å². The summed E-state index contributed by atoms with van der Waals surface area (Å²) < 4.78 is 5.34. The number of hydrogen-bond donors (Lipinski definition) is 0. The Hall–Kier alpha value is -1.76. The van der Waals surface area contributed by atoms with Crippen LogP contribution in [0.5, 0.6) is 5.75 Å². The molecule has 0 unspecified atom stereocenters. The average Bonchev–Trinajstić information content (AvgIpc) is 2.29. The van der Waals surface area contributed by atoms with Gasteiger partial charge in [0.05, 0.1) is 7.11 Å². The number of aryl methyl sites for hydroxylation is 1. The molecule has 0 saturated heterocycles. The monoisotopic (exact) mass is 198 g/mol. The van der Waals surface area contributed by atoms with Crippen molar-refractivity contribution in [3.8, 4) is 16.9 Å². The summed E-state index contributed by atoms with van der Waals surface area (Å²) >= 11 is 0. The van der Waals surface area contributed by atoms with Crippen LogP contribution >= 0.6 is 0 Å². The lowest BCUT2D eigenvalue weighted by molar-refractivity contribution is 0.416. The summed E-state index contributed by atoms with van der Waals surface area (Å²) in [6.45, 7) is 2.10. The minimum atomic E-state index is 0.920. The summed E-state index contributed by atoms with van der Waals surface area (Å²) in [5, 5.41) is 0. The number of para-hydroxylation sites is 1. The van der Waals surface area contributed by atoms with Crippen LogP contribution in [0.25, 0.3) is 11.1 Å². The lowest BCUT2D eigenvalue weighted by atomic mass is 10.0. The Bertz CT molecular complexity index is 460. The van der Waals surface area contributed by atoms with Gasteiger partial charge in [-0.05, 0) is 18.6 Å². The smallest absolute Gasteiger partial charge is 0.126 e. The van der Waals surface area contributed by atoms with Crippen molar-refractivity contribution in [2.24, 2.45) is 0 Å². The third kappa shape index (κ3) is 2.01. The van der Waals surface area contributed by atoms with E-state index < -0.39 is 0 Å². The molecule has 1 heteroatoms. The summed E-state index contributed by atoms with van der Waals surface area (Å²) in [4.78, 5) is 0. The summed E-state index contributed by atoms with van der Waals surface area (Å²) in [6, 6.07) is 16.5. The maximum Gasteiger partial charge on any atom is 0.126 e. The number of methoxy groups -OCH3 is 1. The highest BCUT2D eigenvalue weighted by Crippen LogP contribution is 2.29. The van der Waals surface area contributed by atoms with Gasteiger partial charge in [-0.1, -0.05) is 48.0 Å². The minimum absolute atomic E-state index is 0.920. The van der Waals surface area contributed by atoms with Crippen molar-refractivity contribution in [2.75, 3.05) is 7.11 Å². The SMILES string of the molecule is COc1ccccc1-c1cccc(C)c1. The standard InChI is InChI=1S/C14H14O/c1-11-6-5-7-12(10-11)13-8-3-4-9-14(13)15-2/h3-10H,1-2H3. The van der Waals surface area contributed by atoms with Gasteiger partial charge in [-0.25, -0.2) is 0 Å². The zero-order chi connectivity index (χ0) is 10.7. The first-order chi connectivity index (χ1) is 7.31. The van der Waals surface area contributed by atoms with Crippen LogP contribution < -0.4 is 4.74 Å². The van der Waals surface area contributed by atoms with Crippen LogP contribution in [-0.2, 0) is 0 Å². The first-order valence-electron chi connectivity index (χ1n) is 5.01. The molecule has 0 fully saturated rings. The van der Waals surface area contributed by atoms with Crippen LogP contribution in [-0.4, -0.2) is 7.11 Å². The molecule has 0 heterocycles. The Morgan fingerprint density at radius 1 is 0.933 bits per heavy atom. The average molecular weight is 198 g/mol. The van der Waals surface area contributed by atoms with E-state index in [1.54, 1.807) is 7.11 Å². The highest BCUT2D eigenvalue weighted by molar-refractivity contribution is 5.70. The molecular formula is C14H14O. The number of ether oxygens (including phenoxy) is 1. The highest BCUT2D eigenvalue weighted by Gasteiger charge is 2.03. The van der Waals surface area contributed by atoms with Gasteiger partial charge in [0, 0.05) is 5.56 Å². The van der Waals surface area contributed by atoms with Crippen LogP contribution in [0.3, 0.4) is 0 Å². The topological polar surface area (TPSA) is 9.23 Å². The summed E-state index contributed by atoms with van der Waals surface area (Å²) in [6.07, 6.45) is 0. The first-order valence-corrected chi connectivity index (χ1v) is 5.01. The Kier molecular flexibility index (Phi) is 2.72. The van der Waals surface area contributed by atoms with E-state index in [0.29, 0.717) is 0 Å². The Morgan fingerprint density at radius 3 is 2.47 bits per heavy atom. The van der Waals surface area contributed by atoms with Crippen molar-refractivity contribution in [1.29, 1.82) is 0 Å². The number of hydrogen-bond acceptors (Lipinski definition) is 1. The van der Waals surface area contributed by atoms with Crippen LogP contribution in [0.2, 0.25) is 0 Å². The van der Waals surface area contributed by atoms with Crippen molar-refractivity contribution in [3.63, 3.8) is 0 Å². The molecule has 0 amide bonds. The second-order valence-corrected chi connectivity index (χ2v) is 3.57. The molecule has 15 heavy (non-hydrogen) atoms. The molecule has 2 rings (SSSR count). The second-order valence-electron chi connectivity index (χ2n) is 3.57. The van der Waals surface area contributed by atoms with E-state index in [4.69, 9.17) is 4.74 Å². The predicted octanol–water partition coefficient (Wildman–Crippen LogP) is 3.67. The Morgan fingerprint density at radius 2 is 1.73 bits per heavy atom. The van der Waals surface area contributed by atoms with Crippen molar-refractivity contribution in [3.05, 3.63) is 54.1 Å². The highest BCUT2D eigenvalue weighted by atomic mass is 16.5. The Balaban J connectivity index is 2.53. The molecule has 2 aromatic carbocycles. The molecule has 0 saturated carbocycles. The molecule has 0 aromatic heterocycles. The molecule has 2 aromatic rings. The largest absolute Gasteiger partial charge is 0.496 e. The van der Waals surface area contributed by atoms with E-state index in [-0.39, 0.29) is 0 Å². The van der Waals surface area contributed by atoms with Crippen LogP contribution in [0.15, 0.2) is 48.5 Å². The molecular weight excluding hydrogens is 184 g/mol. The third-order valence-electron chi connectivity index (χ3n) is 2.44. The fourth-order valence-corrected chi connectivity index (χ4v) is 1.70.